The van der Waals surface area contributed by atoms with Crippen molar-refractivity contribution in [3.63, 3.8) is 0 Å². The van der Waals surface area contributed by atoms with Crippen molar-refractivity contribution in [2.24, 2.45) is 11.7 Å². The van der Waals surface area contributed by atoms with Gasteiger partial charge in [0.1, 0.15) is 0 Å². The number of carbonyl (C=O) groups is 1. The number of amides is 1. The molecule has 1 aliphatic heterocycles. The van der Waals surface area contributed by atoms with Gasteiger partial charge in [0.15, 0.2) is 0 Å². The van der Waals surface area contributed by atoms with E-state index in [2.05, 4.69) is 5.32 Å². The number of hydrogen-bond donors (Lipinski definition) is 2. The Bertz CT molecular complexity index is 181. The highest BCUT2D eigenvalue weighted by Crippen LogP contribution is 2.17. The van der Waals surface area contributed by atoms with Crippen LogP contribution in [-0.4, -0.2) is 30.0 Å². The second-order valence-corrected chi connectivity index (χ2v) is 5.18. The molecule has 2 atom stereocenters. The predicted molar refractivity (Wildman–Crippen MR) is 61.3 cm³/mol. The maximum Gasteiger partial charge on any atom is 0.220 e. The molecular weight excluding hydrogens is 196 g/mol. The summed E-state index contributed by atoms with van der Waals surface area (Å²) in [5.41, 5.74) is 5.47. The van der Waals surface area contributed by atoms with Gasteiger partial charge in [0.2, 0.25) is 5.91 Å². The number of carbonyl (C=O) groups excluding carboxylic acids is 1. The van der Waals surface area contributed by atoms with Crippen molar-refractivity contribution in [3.05, 3.63) is 0 Å². The maximum absolute atomic E-state index is 11.5. The summed E-state index contributed by atoms with van der Waals surface area (Å²) in [6, 6.07) is 0.395. The lowest BCUT2D eigenvalue weighted by Crippen LogP contribution is -2.39. The molecule has 1 fully saturated rings. The molecule has 0 radical (unpaired) electrons. The Morgan fingerprint density at radius 1 is 1.71 bits per heavy atom. The molecule has 0 spiro atoms. The molecule has 1 aliphatic rings. The molecule has 0 bridgehead atoms. The van der Waals surface area contributed by atoms with Crippen molar-refractivity contribution in [1.29, 1.82) is 0 Å². The minimum Gasteiger partial charge on any atom is -0.353 e. The molecule has 0 aliphatic carbocycles. The van der Waals surface area contributed by atoms with Crippen LogP contribution in [0.1, 0.15) is 26.2 Å². The smallest absolute Gasteiger partial charge is 0.220 e. The molecule has 3 nitrogen and oxygen atoms in total. The minimum absolute atomic E-state index is 0.162. The molecule has 0 saturated carbocycles. The molecule has 14 heavy (non-hydrogen) atoms. The summed E-state index contributed by atoms with van der Waals surface area (Å²) in [6.45, 7) is 2.60. The molecule has 4 heteroatoms. The van der Waals surface area contributed by atoms with Crippen LogP contribution in [0.5, 0.6) is 0 Å². The number of nitrogens with two attached hydrogens (primary N) is 1. The Morgan fingerprint density at radius 2 is 2.50 bits per heavy atom. The zero-order chi connectivity index (χ0) is 10.4. The van der Waals surface area contributed by atoms with E-state index in [9.17, 15) is 4.79 Å². The Balaban J connectivity index is 2.18. The SMILES string of the molecule is CC(CN)CC(=O)NC1CCCSC1. The molecule has 2 unspecified atom stereocenters. The van der Waals surface area contributed by atoms with E-state index < -0.39 is 0 Å². The lowest BCUT2D eigenvalue weighted by molar-refractivity contribution is -0.122. The summed E-state index contributed by atoms with van der Waals surface area (Å²) in [4.78, 5) is 11.5. The summed E-state index contributed by atoms with van der Waals surface area (Å²) in [7, 11) is 0. The third kappa shape index (κ3) is 4.33. The van der Waals surface area contributed by atoms with Crippen LogP contribution in [0, 0.1) is 5.92 Å². The molecule has 3 N–H and O–H groups in total. The lowest BCUT2D eigenvalue weighted by atomic mass is 10.1. The largest absolute Gasteiger partial charge is 0.353 e. The average molecular weight is 216 g/mol. The number of nitrogens with one attached hydrogen (secondary N) is 1. The topological polar surface area (TPSA) is 55.1 Å². The summed E-state index contributed by atoms with van der Waals surface area (Å²) >= 11 is 1.93. The Hall–Kier alpha value is -0.220. The third-order valence-corrected chi connectivity index (χ3v) is 3.68. The highest BCUT2D eigenvalue weighted by Gasteiger charge is 2.16. The van der Waals surface area contributed by atoms with Gasteiger partial charge in [-0.25, -0.2) is 0 Å². The van der Waals surface area contributed by atoms with E-state index in [1.807, 2.05) is 18.7 Å². The fourth-order valence-corrected chi connectivity index (χ4v) is 2.61. The van der Waals surface area contributed by atoms with Crippen molar-refractivity contribution in [3.8, 4) is 0 Å². The molecule has 1 heterocycles. The van der Waals surface area contributed by atoms with Crippen molar-refractivity contribution >= 4 is 17.7 Å². The van der Waals surface area contributed by atoms with Gasteiger partial charge in [0, 0.05) is 18.2 Å². The maximum atomic E-state index is 11.5. The fourth-order valence-electron chi connectivity index (χ4n) is 1.54. The quantitative estimate of drug-likeness (QED) is 0.736. The second kappa shape index (κ2) is 6.30. The van der Waals surface area contributed by atoms with Crippen LogP contribution in [0.3, 0.4) is 0 Å². The predicted octanol–water partition coefficient (Wildman–Crippen LogP) is 0.983. The van der Waals surface area contributed by atoms with Crippen LogP contribution >= 0.6 is 11.8 Å². The molecule has 82 valence electrons. The van der Waals surface area contributed by atoms with Crippen molar-refractivity contribution in [2.45, 2.75) is 32.2 Å². The fraction of sp³-hybridized carbons (Fsp3) is 0.900. The molecule has 1 saturated heterocycles. The van der Waals surface area contributed by atoms with E-state index in [1.54, 1.807) is 0 Å². The van der Waals surface area contributed by atoms with Gasteiger partial charge >= 0.3 is 0 Å². The summed E-state index contributed by atoms with van der Waals surface area (Å²) in [6.07, 6.45) is 2.93. The van der Waals surface area contributed by atoms with Crippen LogP contribution in [-0.2, 0) is 4.79 Å². The van der Waals surface area contributed by atoms with E-state index in [-0.39, 0.29) is 5.91 Å². The van der Waals surface area contributed by atoms with E-state index in [1.165, 1.54) is 12.2 Å². The van der Waals surface area contributed by atoms with E-state index >= 15 is 0 Å². The first-order valence-corrected chi connectivity index (χ1v) is 6.45. The standard InChI is InChI=1S/C10H20N2OS/c1-8(6-11)5-10(13)12-9-3-2-4-14-7-9/h8-9H,2-7,11H2,1H3,(H,12,13). The van der Waals surface area contributed by atoms with Crippen LogP contribution in [0.15, 0.2) is 0 Å². The van der Waals surface area contributed by atoms with E-state index in [0.29, 0.717) is 24.9 Å². The summed E-state index contributed by atoms with van der Waals surface area (Å²) < 4.78 is 0. The Labute approximate surface area is 90.2 Å². The van der Waals surface area contributed by atoms with Crippen LogP contribution in [0.2, 0.25) is 0 Å². The van der Waals surface area contributed by atoms with Crippen LogP contribution in [0.4, 0.5) is 0 Å². The first-order chi connectivity index (χ1) is 6.72. The second-order valence-electron chi connectivity index (χ2n) is 4.03. The number of rotatable bonds is 4. The molecule has 0 aromatic rings. The molecule has 0 aromatic carbocycles. The zero-order valence-electron chi connectivity index (χ0n) is 8.79. The average Bonchev–Trinajstić information content (AvgIpc) is 2.19. The lowest BCUT2D eigenvalue weighted by Gasteiger charge is -2.23. The van der Waals surface area contributed by atoms with Gasteiger partial charge in [-0.05, 0) is 31.1 Å². The zero-order valence-corrected chi connectivity index (χ0v) is 9.61. The van der Waals surface area contributed by atoms with Crippen molar-refractivity contribution in [1.82, 2.24) is 5.32 Å². The minimum atomic E-state index is 0.162. The number of thioether (sulfide) groups is 1. The monoisotopic (exact) mass is 216 g/mol. The van der Waals surface area contributed by atoms with Crippen molar-refractivity contribution < 1.29 is 4.79 Å². The molecule has 0 aromatic heterocycles. The third-order valence-electron chi connectivity index (χ3n) is 2.46. The Kier molecular flexibility index (Phi) is 5.33. The highest BCUT2D eigenvalue weighted by atomic mass is 32.2. The normalized spacial score (nSPS) is 24.3. The van der Waals surface area contributed by atoms with E-state index in [0.717, 1.165) is 12.2 Å². The van der Waals surface area contributed by atoms with Crippen LogP contribution in [0.25, 0.3) is 0 Å². The highest BCUT2D eigenvalue weighted by molar-refractivity contribution is 7.99. The van der Waals surface area contributed by atoms with Gasteiger partial charge in [-0.1, -0.05) is 6.92 Å². The van der Waals surface area contributed by atoms with Crippen LogP contribution < -0.4 is 11.1 Å². The number of hydrogen-bond acceptors (Lipinski definition) is 3. The van der Waals surface area contributed by atoms with Gasteiger partial charge in [0.25, 0.3) is 0 Å². The van der Waals surface area contributed by atoms with Gasteiger partial charge in [-0.2, -0.15) is 11.8 Å². The summed E-state index contributed by atoms with van der Waals surface area (Å²) in [5.74, 6) is 2.77. The Morgan fingerprint density at radius 3 is 3.07 bits per heavy atom. The van der Waals surface area contributed by atoms with Gasteiger partial charge in [0.05, 0.1) is 0 Å². The molecular formula is C10H20N2OS. The van der Waals surface area contributed by atoms with Gasteiger partial charge in [-0.3, -0.25) is 4.79 Å². The molecule has 1 amide bonds. The van der Waals surface area contributed by atoms with E-state index in [4.69, 9.17) is 5.73 Å². The summed E-state index contributed by atoms with van der Waals surface area (Å²) in [5, 5.41) is 3.07. The molecule has 1 rings (SSSR count). The van der Waals surface area contributed by atoms with Gasteiger partial charge < -0.3 is 11.1 Å². The first-order valence-electron chi connectivity index (χ1n) is 5.29. The first kappa shape index (κ1) is 11.9. The van der Waals surface area contributed by atoms with Crippen molar-refractivity contribution in [2.75, 3.05) is 18.1 Å². The van der Waals surface area contributed by atoms with Gasteiger partial charge in [-0.15, -0.1) is 0 Å².